The lowest BCUT2D eigenvalue weighted by Crippen LogP contribution is -2.17. The molecule has 0 radical (unpaired) electrons. The zero-order valence-corrected chi connectivity index (χ0v) is 13.3. The van der Waals surface area contributed by atoms with Crippen LogP contribution in [0.4, 0.5) is 0 Å². The van der Waals surface area contributed by atoms with Gasteiger partial charge in [0.25, 0.3) is 5.91 Å². The van der Waals surface area contributed by atoms with Crippen molar-refractivity contribution in [1.82, 2.24) is 5.43 Å². The van der Waals surface area contributed by atoms with Crippen molar-refractivity contribution in [1.29, 1.82) is 0 Å². The van der Waals surface area contributed by atoms with Crippen LogP contribution in [0.2, 0.25) is 0 Å². The number of hydrazone groups is 1. The van der Waals surface area contributed by atoms with E-state index in [2.05, 4.69) is 26.5 Å². The Kier molecular flexibility index (Phi) is 5.11. The van der Waals surface area contributed by atoms with E-state index >= 15 is 0 Å². The molecular formula is C16H15BrN2O2. The van der Waals surface area contributed by atoms with Gasteiger partial charge in [-0.1, -0.05) is 34.1 Å². The van der Waals surface area contributed by atoms with Crippen molar-refractivity contribution in [2.75, 3.05) is 7.11 Å². The van der Waals surface area contributed by atoms with Crippen LogP contribution in [-0.4, -0.2) is 19.2 Å². The molecule has 2 aromatic carbocycles. The van der Waals surface area contributed by atoms with E-state index < -0.39 is 0 Å². The predicted octanol–water partition coefficient (Wildman–Crippen LogP) is 3.53. The van der Waals surface area contributed by atoms with Gasteiger partial charge in [0.05, 0.1) is 13.3 Å². The Hall–Kier alpha value is -2.14. The molecule has 0 aliphatic carbocycles. The van der Waals surface area contributed by atoms with Crippen molar-refractivity contribution in [3.05, 3.63) is 63.6 Å². The summed E-state index contributed by atoms with van der Waals surface area (Å²) in [6, 6.07) is 12.8. The summed E-state index contributed by atoms with van der Waals surface area (Å²) in [6.07, 6.45) is 1.57. The minimum atomic E-state index is -0.255. The first-order valence-electron chi connectivity index (χ1n) is 6.34. The SMILES string of the molecule is COc1cccc(/C=N/NC(=O)c2ccc(C)c(Br)c2)c1. The molecule has 0 saturated heterocycles. The maximum Gasteiger partial charge on any atom is 0.271 e. The number of aryl methyl sites for hydroxylation is 1. The Morgan fingerprint density at radius 1 is 1.29 bits per heavy atom. The second-order valence-corrected chi connectivity index (χ2v) is 5.29. The van der Waals surface area contributed by atoms with Crippen LogP contribution in [-0.2, 0) is 0 Å². The van der Waals surface area contributed by atoms with Gasteiger partial charge in [-0.3, -0.25) is 4.79 Å². The molecule has 0 bridgehead atoms. The monoisotopic (exact) mass is 346 g/mol. The molecule has 2 rings (SSSR count). The summed E-state index contributed by atoms with van der Waals surface area (Å²) < 4.78 is 6.02. The van der Waals surface area contributed by atoms with Gasteiger partial charge in [-0.05, 0) is 42.3 Å². The molecule has 0 heterocycles. The summed E-state index contributed by atoms with van der Waals surface area (Å²) in [6.45, 7) is 1.96. The average Bonchev–Trinajstić information content (AvgIpc) is 2.50. The maximum absolute atomic E-state index is 12.0. The van der Waals surface area contributed by atoms with Gasteiger partial charge in [0.2, 0.25) is 0 Å². The van der Waals surface area contributed by atoms with Gasteiger partial charge in [-0.25, -0.2) is 5.43 Å². The standard InChI is InChI=1S/C16H15BrN2O2/c1-11-6-7-13(9-15(11)17)16(20)19-18-10-12-4-3-5-14(8-12)21-2/h3-10H,1-2H3,(H,19,20)/b18-10+. The highest BCUT2D eigenvalue weighted by Gasteiger charge is 2.05. The van der Waals surface area contributed by atoms with Crippen LogP contribution in [0.3, 0.4) is 0 Å². The average molecular weight is 347 g/mol. The molecule has 21 heavy (non-hydrogen) atoms. The Labute approximate surface area is 132 Å². The normalized spacial score (nSPS) is 10.6. The highest BCUT2D eigenvalue weighted by Crippen LogP contribution is 2.17. The second kappa shape index (κ2) is 7.04. The van der Waals surface area contributed by atoms with Crippen molar-refractivity contribution in [2.24, 2.45) is 5.10 Å². The number of benzene rings is 2. The Bertz CT molecular complexity index is 684. The predicted molar refractivity (Wildman–Crippen MR) is 86.9 cm³/mol. The van der Waals surface area contributed by atoms with E-state index in [0.29, 0.717) is 5.56 Å². The molecule has 0 aromatic heterocycles. The smallest absolute Gasteiger partial charge is 0.271 e. The number of hydrogen-bond acceptors (Lipinski definition) is 3. The number of halogens is 1. The number of carbonyl (C=O) groups excluding carboxylic acids is 1. The first-order chi connectivity index (χ1) is 10.1. The fraction of sp³-hybridized carbons (Fsp3) is 0.125. The molecular weight excluding hydrogens is 332 g/mol. The summed E-state index contributed by atoms with van der Waals surface area (Å²) in [5, 5.41) is 3.95. The highest BCUT2D eigenvalue weighted by molar-refractivity contribution is 9.10. The summed E-state index contributed by atoms with van der Waals surface area (Å²) in [7, 11) is 1.60. The van der Waals surface area contributed by atoms with E-state index in [0.717, 1.165) is 21.3 Å². The van der Waals surface area contributed by atoms with Gasteiger partial charge in [-0.2, -0.15) is 5.10 Å². The lowest BCUT2D eigenvalue weighted by Gasteiger charge is -2.03. The third-order valence-electron chi connectivity index (χ3n) is 2.91. The van der Waals surface area contributed by atoms with Crippen molar-refractivity contribution in [3.8, 4) is 5.75 Å². The Balaban J connectivity index is 2.02. The number of nitrogens with zero attached hydrogens (tertiary/aromatic N) is 1. The molecule has 0 saturated carbocycles. The van der Waals surface area contributed by atoms with Crippen LogP contribution in [0, 0.1) is 6.92 Å². The van der Waals surface area contributed by atoms with Crippen LogP contribution in [0.1, 0.15) is 21.5 Å². The van der Waals surface area contributed by atoms with E-state index in [-0.39, 0.29) is 5.91 Å². The number of rotatable bonds is 4. The largest absolute Gasteiger partial charge is 0.497 e. The van der Waals surface area contributed by atoms with Gasteiger partial charge in [0.1, 0.15) is 5.75 Å². The fourth-order valence-electron chi connectivity index (χ4n) is 1.69. The zero-order chi connectivity index (χ0) is 15.2. The van der Waals surface area contributed by atoms with Gasteiger partial charge in [-0.15, -0.1) is 0 Å². The number of methoxy groups -OCH3 is 1. The van der Waals surface area contributed by atoms with Crippen LogP contribution in [0.15, 0.2) is 52.0 Å². The van der Waals surface area contributed by atoms with Crippen molar-refractivity contribution < 1.29 is 9.53 Å². The molecule has 0 atom stereocenters. The van der Waals surface area contributed by atoms with Gasteiger partial charge >= 0.3 is 0 Å². The first kappa shape index (κ1) is 15.3. The maximum atomic E-state index is 12.0. The van der Waals surface area contributed by atoms with E-state index in [9.17, 15) is 4.79 Å². The summed E-state index contributed by atoms with van der Waals surface area (Å²) >= 11 is 3.40. The lowest BCUT2D eigenvalue weighted by molar-refractivity contribution is 0.0955. The molecule has 0 spiro atoms. The summed E-state index contributed by atoms with van der Waals surface area (Å²) in [4.78, 5) is 12.0. The molecule has 5 heteroatoms. The van der Waals surface area contributed by atoms with Gasteiger partial charge in [0, 0.05) is 10.0 Å². The Morgan fingerprint density at radius 3 is 2.81 bits per heavy atom. The van der Waals surface area contributed by atoms with E-state index in [4.69, 9.17) is 4.74 Å². The van der Waals surface area contributed by atoms with E-state index in [1.165, 1.54) is 0 Å². The summed E-state index contributed by atoms with van der Waals surface area (Å²) in [5.74, 6) is 0.489. The number of amides is 1. The van der Waals surface area contributed by atoms with Crippen LogP contribution >= 0.6 is 15.9 Å². The molecule has 0 unspecified atom stereocenters. The van der Waals surface area contributed by atoms with Gasteiger partial charge in [0.15, 0.2) is 0 Å². The number of nitrogens with one attached hydrogen (secondary N) is 1. The molecule has 0 aliphatic rings. The van der Waals surface area contributed by atoms with Crippen LogP contribution in [0.5, 0.6) is 5.75 Å². The topological polar surface area (TPSA) is 50.7 Å². The van der Waals surface area contributed by atoms with Crippen molar-refractivity contribution in [3.63, 3.8) is 0 Å². The molecule has 4 nitrogen and oxygen atoms in total. The van der Waals surface area contributed by atoms with E-state index in [1.807, 2.05) is 37.3 Å². The molecule has 0 fully saturated rings. The minimum Gasteiger partial charge on any atom is -0.497 e. The highest BCUT2D eigenvalue weighted by atomic mass is 79.9. The zero-order valence-electron chi connectivity index (χ0n) is 11.8. The molecule has 108 valence electrons. The van der Waals surface area contributed by atoms with Crippen LogP contribution in [0.25, 0.3) is 0 Å². The first-order valence-corrected chi connectivity index (χ1v) is 7.13. The lowest BCUT2D eigenvalue weighted by atomic mass is 10.1. The molecule has 2 aromatic rings. The number of ether oxygens (including phenoxy) is 1. The third-order valence-corrected chi connectivity index (χ3v) is 3.76. The molecule has 1 N–H and O–H groups in total. The van der Waals surface area contributed by atoms with Crippen molar-refractivity contribution in [2.45, 2.75) is 6.92 Å². The third kappa shape index (κ3) is 4.16. The van der Waals surface area contributed by atoms with Gasteiger partial charge < -0.3 is 4.74 Å². The summed E-state index contributed by atoms with van der Waals surface area (Å²) in [5.41, 5.74) is 4.97. The fourth-order valence-corrected chi connectivity index (χ4v) is 2.06. The minimum absolute atomic E-state index is 0.255. The molecule has 0 aliphatic heterocycles. The molecule has 1 amide bonds. The van der Waals surface area contributed by atoms with Crippen LogP contribution < -0.4 is 10.2 Å². The quantitative estimate of drug-likeness (QED) is 0.680. The Morgan fingerprint density at radius 2 is 2.10 bits per heavy atom. The number of hydrogen-bond donors (Lipinski definition) is 1. The van der Waals surface area contributed by atoms with E-state index in [1.54, 1.807) is 25.5 Å². The number of carbonyl (C=O) groups is 1. The second-order valence-electron chi connectivity index (χ2n) is 4.44. The van der Waals surface area contributed by atoms with Crippen molar-refractivity contribution >= 4 is 28.1 Å².